The van der Waals surface area contributed by atoms with E-state index < -0.39 is 0 Å². The maximum absolute atomic E-state index is 14.0. The first-order chi connectivity index (χ1) is 9.31. The number of morpholine rings is 1. The van der Waals surface area contributed by atoms with E-state index in [9.17, 15) is 4.39 Å². The number of hydrogen-bond acceptors (Lipinski definition) is 4. The van der Waals surface area contributed by atoms with E-state index in [2.05, 4.69) is 10.2 Å². The second-order valence-electron chi connectivity index (χ2n) is 4.45. The van der Waals surface area contributed by atoms with E-state index in [1.54, 1.807) is 18.2 Å². The largest absolute Gasteiger partial charge is 0.489 e. The molecule has 1 aliphatic heterocycles. The molecule has 1 heterocycles. The van der Waals surface area contributed by atoms with Crippen molar-refractivity contribution in [1.82, 2.24) is 4.90 Å². The fraction of sp³-hybridized carbons (Fsp3) is 0.571. The summed E-state index contributed by atoms with van der Waals surface area (Å²) in [6.07, 6.45) is 0. The highest BCUT2D eigenvalue weighted by molar-refractivity contribution is 5.50. The minimum Gasteiger partial charge on any atom is -0.489 e. The Morgan fingerprint density at radius 2 is 2.16 bits per heavy atom. The van der Waals surface area contributed by atoms with Gasteiger partial charge in [0.2, 0.25) is 0 Å². The van der Waals surface area contributed by atoms with E-state index in [1.807, 2.05) is 6.92 Å². The number of hydrogen-bond donors (Lipinski definition) is 1. The lowest BCUT2D eigenvalue weighted by Gasteiger charge is -2.26. The van der Waals surface area contributed by atoms with Crippen LogP contribution >= 0.6 is 0 Å². The summed E-state index contributed by atoms with van der Waals surface area (Å²) in [5.41, 5.74) is 0.492. The summed E-state index contributed by atoms with van der Waals surface area (Å²) in [4.78, 5) is 2.26. The zero-order chi connectivity index (χ0) is 13.5. The van der Waals surface area contributed by atoms with Crippen LogP contribution in [0.2, 0.25) is 0 Å². The van der Waals surface area contributed by atoms with E-state index in [4.69, 9.17) is 9.47 Å². The molecule has 1 N–H and O–H groups in total. The first-order valence-electron chi connectivity index (χ1n) is 6.76. The molecule has 0 unspecified atom stereocenters. The third-order valence-corrected chi connectivity index (χ3v) is 3.10. The van der Waals surface area contributed by atoms with Crippen molar-refractivity contribution in [2.75, 3.05) is 51.3 Å². The Morgan fingerprint density at radius 3 is 2.89 bits per heavy atom. The maximum atomic E-state index is 14.0. The molecule has 0 aliphatic carbocycles. The van der Waals surface area contributed by atoms with Crippen LogP contribution < -0.4 is 10.1 Å². The molecule has 2 rings (SSSR count). The predicted molar refractivity (Wildman–Crippen MR) is 73.3 cm³/mol. The van der Waals surface area contributed by atoms with Crippen molar-refractivity contribution in [2.24, 2.45) is 0 Å². The minimum atomic E-state index is -0.314. The smallest absolute Gasteiger partial charge is 0.188 e. The molecule has 0 spiro atoms. The topological polar surface area (TPSA) is 33.7 Å². The lowest BCUT2D eigenvalue weighted by Crippen LogP contribution is -2.38. The van der Waals surface area contributed by atoms with Crippen molar-refractivity contribution in [3.63, 3.8) is 0 Å². The lowest BCUT2D eigenvalue weighted by molar-refractivity contribution is 0.0320. The molecule has 4 nitrogen and oxygen atoms in total. The first kappa shape index (κ1) is 14.1. The van der Waals surface area contributed by atoms with Gasteiger partial charge in [-0.25, -0.2) is 4.39 Å². The molecule has 0 radical (unpaired) electrons. The summed E-state index contributed by atoms with van der Waals surface area (Å²) in [5.74, 6) is -0.00182. The van der Waals surface area contributed by atoms with Gasteiger partial charge in [-0.15, -0.1) is 0 Å². The predicted octanol–water partition coefficient (Wildman–Crippen LogP) is 1.97. The number of rotatable bonds is 6. The Morgan fingerprint density at radius 1 is 1.37 bits per heavy atom. The molecule has 0 bridgehead atoms. The van der Waals surface area contributed by atoms with Gasteiger partial charge in [0.05, 0.1) is 18.9 Å². The average molecular weight is 268 g/mol. The molecule has 0 atom stereocenters. The molecule has 1 aliphatic rings. The number of halogens is 1. The van der Waals surface area contributed by atoms with E-state index in [0.717, 1.165) is 32.8 Å². The van der Waals surface area contributed by atoms with Gasteiger partial charge in [0.1, 0.15) is 6.61 Å². The van der Waals surface area contributed by atoms with Gasteiger partial charge in [0, 0.05) is 26.2 Å². The molecule has 0 saturated carbocycles. The maximum Gasteiger partial charge on any atom is 0.188 e. The second kappa shape index (κ2) is 7.31. The molecule has 0 amide bonds. The van der Waals surface area contributed by atoms with Crippen LogP contribution in [0.3, 0.4) is 0 Å². The van der Waals surface area contributed by atoms with Crippen molar-refractivity contribution in [1.29, 1.82) is 0 Å². The summed E-state index contributed by atoms with van der Waals surface area (Å²) in [6.45, 7) is 7.29. The Balaban J connectivity index is 1.83. The summed E-state index contributed by atoms with van der Waals surface area (Å²) >= 11 is 0. The van der Waals surface area contributed by atoms with Crippen molar-refractivity contribution in [2.45, 2.75) is 6.92 Å². The monoisotopic (exact) mass is 268 g/mol. The van der Waals surface area contributed by atoms with Gasteiger partial charge in [-0.1, -0.05) is 6.07 Å². The third kappa shape index (κ3) is 4.08. The highest BCUT2D eigenvalue weighted by Gasteiger charge is 2.12. The van der Waals surface area contributed by atoms with Crippen LogP contribution in [0.1, 0.15) is 6.92 Å². The zero-order valence-electron chi connectivity index (χ0n) is 11.3. The van der Waals surface area contributed by atoms with Crippen molar-refractivity contribution in [3.8, 4) is 5.75 Å². The van der Waals surface area contributed by atoms with Gasteiger partial charge in [-0.2, -0.15) is 0 Å². The van der Waals surface area contributed by atoms with Gasteiger partial charge in [-0.05, 0) is 19.1 Å². The molecule has 1 saturated heterocycles. The number of nitrogens with zero attached hydrogens (tertiary/aromatic N) is 1. The summed E-state index contributed by atoms with van der Waals surface area (Å²) in [7, 11) is 0. The van der Waals surface area contributed by atoms with Gasteiger partial charge < -0.3 is 14.8 Å². The molecule has 1 aromatic rings. The van der Waals surface area contributed by atoms with Crippen LogP contribution in [0.5, 0.6) is 5.75 Å². The number of nitrogens with one attached hydrogen (secondary N) is 1. The third-order valence-electron chi connectivity index (χ3n) is 3.10. The summed E-state index contributed by atoms with van der Waals surface area (Å²) < 4.78 is 24.8. The standard InChI is InChI=1S/C14H21FN2O2/c1-2-16-12-4-3-5-13(14(12)15)19-11-8-17-6-9-18-10-7-17/h3-5,16H,2,6-11H2,1H3. The quantitative estimate of drug-likeness (QED) is 0.855. The number of ether oxygens (including phenoxy) is 2. The van der Waals surface area contributed by atoms with Crippen molar-refractivity contribution < 1.29 is 13.9 Å². The molecular formula is C14H21FN2O2. The van der Waals surface area contributed by atoms with E-state index in [0.29, 0.717) is 24.6 Å². The van der Waals surface area contributed by atoms with Crippen LogP contribution in [0.25, 0.3) is 0 Å². The molecular weight excluding hydrogens is 247 g/mol. The van der Waals surface area contributed by atoms with Gasteiger partial charge in [-0.3, -0.25) is 4.90 Å². The van der Waals surface area contributed by atoms with Crippen LogP contribution in [0.15, 0.2) is 18.2 Å². The molecule has 19 heavy (non-hydrogen) atoms. The first-order valence-corrected chi connectivity index (χ1v) is 6.76. The SMILES string of the molecule is CCNc1cccc(OCCN2CCOCC2)c1F. The van der Waals surface area contributed by atoms with Crippen molar-refractivity contribution in [3.05, 3.63) is 24.0 Å². The normalized spacial score (nSPS) is 16.3. The fourth-order valence-corrected chi connectivity index (χ4v) is 2.06. The Labute approximate surface area is 113 Å². The van der Waals surface area contributed by atoms with E-state index in [1.165, 1.54) is 0 Å². The molecule has 0 aromatic heterocycles. The molecule has 1 aromatic carbocycles. The summed E-state index contributed by atoms with van der Waals surface area (Å²) in [5, 5.41) is 2.97. The van der Waals surface area contributed by atoms with Gasteiger partial charge in [0.15, 0.2) is 11.6 Å². The fourth-order valence-electron chi connectivity index (χ4n) is 2.06. The zero-order valence-corrected chi connectivity index (χ0v) is 11.3. The number of anilines is 1. The Hall–Kier alpha value is -1.33. The summed E-state index contributed by atoms with van der Waals surface area (Å²) in [6, 6.07) is 5.17. The number of benzene rings is 1. The second-order valence-corrected chi connectivity index (χ2v) is 4.45. The Kier molecular flexibility index (Phi) is 5.42. The van der Waals surface area contributed by atoms with Crippen LogP contribution in [-0.2, 0) is 4.74 Å². The van der Waals surface area contributed by atoms with Crippen LogP contribution in [0, 0.1) is 5.82 Å². The van der Waals surface area contributed by atoms with Gasteiger partial charge in [0.25, 0.3) is 0 Å². The highest BCUT2D eigenvalue weighted by Crippen LogP contribution is 2.24. The molecule has 106 valence electrons. The Bertz CT molecular complexity index is 395. The van der Waals surface area contributed by atoms with E-state index in [-0.39, 0.29) is 5.82 Å². The average Bonchev–Trinajstić information content (AvgIpc) is 2.44. The van der Waals surface area contributed by atoms with Gasteiger partial charge >= 0.3 is 0 Å². The lowest BCUT2D eigenvalue weighted by atomic mass is 10.3. The molecule has 5 heteroatoms. The van der Waals surface area contributed by atoms with Crippen molar-refractivity contribution >= 4 is 5.69 Å². The van der Waals surface area contributed by atoms with Crippen LogP contribution in [0.4, 0.5) is 10.1 Å². The van der Waals surface area contributed by atoms with Crippen LogP contribution in [-0.4, -0.2) is 50.9 Å². The minimum absolute atomic E-state index is 0.312. The van der Waals surface area contributed by atoms with E-state index >= 15 is 0 Å². The highest BCUT2D eigenvalue weighted by atomic mass is 19.1. The molecule has 1 fully saturated rings.